The lowest BCUT2D eigenvalue weighted by Crippen LogP contribution is -2.47. The van der Waals surface area contributed by atoms with Crippen LogP contribution in [0.25, 0.3) is 10.9 Å². The van der Waals surface area contributed by atoms with E-state index in [-0.39, 0.29) is 17.6 Å². The Kier molecular flexibility index (Phi) is 4.43. The number of benzene rings is 1. The van der Waals surface area contributed by atoms with Crippen LogP contribution in [-0.2, 0) is 6.18 Å². The standard InChI is InChI=1S/C20H17F3N6O2/c21-20(22,23)17-6-16(14-3-1-2-4-15(14)26-17)28-9-13-5-12(28)10-29(13)19-24-7-11(8-25-19)18(30)27-31/h1-4,6-8,12-13,31H,5,9-10H2,(H,27,30)/t12-,13+/m1/s1. The summed E-state index contributed by atoms with van der Waals surface area (Å²) in [5.74, 6) is -0.261. The molecule has 11 heteroatoms. The molecule has 1 aromatic carbocycles. The molecule has 0 saturated carbocycles. The van der Waals surface area contributed by atoms with E-state index in [0.717, 1.165) is 12.5 Å². The molecule has 2 aromatic heterocycles. The van der Waals surface area contributed by atoms with Gasteiger partial charge >= 0.3 is 6.18 Å². The first-order valence-electron chi connectivity index (χ1n) is 9.62. The largest absolute Gasteiger partial charge is 0.433 e. The zero-order chi connectivity index (χ0) is 21.8. The summed E-state index contributed by atoms with van der Waals surface area (Å²) >= 11 is 0. The van der Waals surface area contributed by atoms with E-state index in [2.05, 4.69) is 15.0 Å². The molecular weight excluding hydrogens is 413 g/mol. The number of pyridine rings is 1. The van der Waals surface area contributed by atoms with Crippen LogP contribution >= 0.6 is 0 Å². The number of hydroxylamine groups is 1. The van der Waals surface area contributed by atoms with Crippen molar-refractivity contribution < 1.29 is 23.2 Å². The molecule has 4 heterocycles. The molecule has 160 valence electrons. The van der Waals surface area contributed by atoms with E-state index in [0.29, 0.717) is 35.6 Å². The van der Waals surface area contributed by atoms with Crippen LogP contribution in [0.4, 0.5) is 24.8 Å². The van der Waals surface area contributed by atoms with E-state index in [9.17, 15) is 18.0 Å². The molecular formula is C20H17F3N6O2. The minimum atomic E-state index is -4.53. The minimum Gasteiger partial charge on any atom is -0.364 e. The molecule has 2 bridgehead atoms. The number of halogens is 3. The van der Waals surface area contributed by atoms with Gasteiger partial charge < -0.3 is 9.80 Å². The van der Waals surface area contributed by atoms with E-state index in [1.54, 1.807) is 24.3 Å². The van der Waals surface area contributed by atoms with Gasteiger partial charge in [0.2, 0.25) is 5.95 Å². The second-order valence-corrected chi connectivity index (χ2v) is 7.60. The average Bonchev–Trinajstić information content (AvgIpc) is 3.38. The fraction of sp³-hybridized carbons (Fsp3) is 0.300. The van der Waals surface area contributed by atoms with E-state index in [1.807, 2.05) is 9.80 Å². The lowest BCUT2D eigenvalue weighted by atomic mass is 10.1. The summed E-state index contributed by atoms with van der Waals surface area (Å²) < 4.78 is 40.3. The quantitative estimate of drug-likeness (QED) is 0.487. The average molecular weight is 430 g/mol. The van der Waals surface area contributed by atoms with E-state index in [4.69, 9.17) is 5.21 Å². The number of hydrogen-bond donors (Lipinski definition) is 2. The van der Waals surface area contributed by atoms with Gasteiger partial charge in [0.1, 0.15) is 5.69 Å². The Morgan fingerprint density at radius 3 is 2.42 bits per heavy atom. The SMILES string of the molecule is O=C(NO)c1cnc(N2C[C@H]3C[C@H]2CN3c2cc(C(F)(F)F)nc3ccccc23)nc1. The number of para-hydroxylation sites is 1. The van der Waals surface area contributed by atoms with Crippen LogP contribution in [0.15, 0.2) is 42.7 Å². The predicted octanol–water partition coefficient (Wildman–Crippen LogP) is 2.63. The number of aromatic nitrogens is 3. The lowest BCUT2D eigenvalue weighted by Gasteiger charge is -2.36. The van der Waals surface area contributed by atoms with Gasteiger partial charge in [0.05, 0.1) is 17.1 Å². The second kappa shape index (κ2) is 7.05. The van der Waals surface area contributed by atoms with Crippen molar-refractivity contribution in [2.45, 2.75) is 24.7 Å². The fourth-order valence-electron chi connectivity index (χ4n) is 4.40. The molecule has 3 aromatic rings. The van der Waals surface area contributed by atoms with Gasteiger partial charge in [0, 0.05) is 42.6 Å². The summed E-state index contributed by atoms with van der Waals surface area (Å²) in [6.45, 7) is 1.08. The summed E-state index contributed by atoms with van der Waals surface area (Å²) in [4.78, 5) is 27.7. The Hall–Kier alpha value is -3.47. The Morgan fingerprint density at radius 1 is 1.10 bits per heavy atom. The zero-order valence-corrected chi connectivity index (χ0v) is 16.0. The monoisotopic (exact) mass is 430 g/mol. The smallest absolute Gasteiger partial charge is 0.364 e. The van der Waals surface area contributed by atoms with Crippen molar-refractivity contribution in [1.29, 1.82) is 0 Å². The van der Waals surface area contributed by atoms with Crippen LogP contribution in [0.1, 0.15) is 22.5 Å². The maximum absolute atomic E-state index is 13.4. The highest BCUT2D eigenvalue weighted by molar-refractivity contribution is 5.93. The molecule has 2 atom stereocenters. The topological polar surface area (TPSA) is 94.5 Å². The first-order chi connectivity index (χ1) is 14.8. The molecule has 2 fully saturated rings. The van der Waals surface area contributed by atoms with Crippen molar-refractivity contribution in [2.24, 2.45) is 0 Å². The first kappa shape index (κ1) is 19.5. The van der Waals surface area contributed by atoms with E-state index < -0.39 is 17.8 Å². The number of nitrogens with zero attached hydrogens (tertiary/aromatic N) is 5. The number of alkyl halides is 3. The minimum absolute atomic E-state index is 0.000840. The molecule has 0 radical (unpaired) electrons. The summed E-state index contributed by atoms with van der Waals surface area (Å²) in [5.41, 5.74) is 1.59. The number of amides is 1. The van der Waals surface area contributed by atoms with E-state index >= 15 is 0 Å². The normalized spacial score (nSPS) is 20.5. The zero-order valence-electron chi connectivity index (χ0n) is 16.0. The number of rotatable bonds is 3. The molecule has 5 rings (SSSR count). The van der Waals surface area contributed by atoms with E-state index in [1.165, 1.54) is 17.9 Å². The van der Waals surface area contributed by atoms with Gasteiger partial charge in [0.15, 0.2) is 0 Å². The maximum Gasteiger partial charge on any atom is 0.433 e. The molecule has 0 spiro atoms. The third-order valence-corrected chi connectivity index (χ3v) is 5.79. The summed E-state index contributed by atoms with van der Waals surface area (Å²) in [7, 11) is 0. The molecule has 1 amide bonds. The molecule has 2 saturated heterocycles. The van der Waals surface area contributed by atoms with Gasteiger partial charge in [-0.05, 0) is 18.6 Å². The number of carbonyl (C=O) groups is 1. The Labute approximate surface area is 174 Å². The summed E-state index contributed by atoms with van der Waals surface area (Å²) in [5, 5.41) is 9.38. The Morgan fingerprint density at radius 2 is 1.77 bits per heavy atom. The lowest BCUT2D eigenvalue weighted by molar-refractivity contribution is -0.140. The van der Waals surface area contributed by atoms with Crippen LogP contribution in [0.3, 0.4) is 0 Å². The fourth-order valence-corrected chi connectivity index (χ4v) is 4.40. The van der Waals surface area contributed by atoms with Crippen molar-refractivity contribution >= 4 is 28.4 Å². The third-order valence-electron chi connectivity index (χ3n) is 5.79. The van der Waals surface area contributed by atoms with Gasteiger partial charge in [-0.1, -0.05) is 18.2 Å². The highest BCUT2D eigenvalue weighted by Gasteiger charge is 2.45. The highest BCUT2D eigenvalue weighted by atomic mass is 19.4. The number of anilines is 2. The third kappa shape index (κ3) is 3.30. The molecule has 0 unspecified atom stereocenters. The highest BCUT2D eigenvalue weighted by Crippen LogP contribution is 2.41. The number of fused-ring (bicyclic) bond motifs is 3. The van der Waals surface area contributed by atoms with Crippen molar-refractivity contribution in [1.82, 2.24) is 20.4 Å². The van der Waals surface area contributed by atoms with Gasteiger partial charge in [-0.15, -0.1) is 0 Å². The van der Waals surface area contributed by atoms with Crippen molar-refractivity contribution in [3.05, 3.63) is 54.0 Å². The van der Waals surface area contributed by atoms with Crippen molar-refractivity contribution in [3.63, 3.8) is 0 Å². The van der Waals surface area contributed by atoms with Crippen LogP contribution < -0.4 is 15.3 Å². The van der Waals surface area contributed by atoms with Crippen molar-refractivity contribution in [3.8, 4) is 0 Å². The van der Waals surface area contributed by atoms with Gasteiger partial charge in [-0.2, -0.15) is 13.2 Å². The Bertz CT molecular complexity index is 1150. The number of carbonyl (C=O) groups excluding carboxylic acids is 1. The summed E-state index contributed by atoms with van der Waals surface area (Å²) in [6.07, 6.45) is -1.12. The second-order valence-electron chi connectivity index (χ2n) is 7.60. The van der Waals surface area contributed by atoms with Crippen LogP contribution in [0.5, 0.6) is 0 Å². The molecule has 2 aliphatic heterocycles. The molecule has 2 N–H and O–H groups in total. The van der Waals surface area contributed by atoms with Gasteiger partial charge in [-0.25, -0.2) is 20.4 Å². The maximum atomic E-state index is 13.4. The number of nitrogens with one attached hydrogen (secondary N) is 1. The number of hydrogen-bond acceptors (Lipinski definition) is 7. The van der Waals surface area contributed by atoms with Crippen LogP contribution in [0.2, 0.25) is 0 Å². The molecule has 0 aliphatic carbocycles. The number of piperazine rings is 1. The van der Waals surface area contributed by atoms with Crippen LogP contribution in [0, 0.1) is 0 Å². The molecule has 8 nitrogen and oxygen atoms in total. The predicted molar refractivity (Wildman–Crippen MR) is 105 cm³/mol. The Balaban J connectivity index is 1.43. The molecule has 2 aliphatic rings. The van der Waals surface area contributed by atoms with Crippen LogP contribution in [-0.4, -0.2) is 51.2 Å². The summed E-state index contributed by atoms with van der Waals surface area (Å²) in [6, 6.07) is 8.01. The van der Waals surface area contributed by atoms with Gasteiger partial charge in [-0.3, -0.25) is 10.0 Å². The van der Waals surface area contributed by atoms with Gasteiger partial charge in [0.25, 0.3) is 5.91 Å². The van der Waals surface area contributed by atoms with Crippen molar-refractivity contribution in [2.75, 3.05) is 22.9 Å². The first-order valence-corrected chi connectivity index (χ1v) is 9.62. The molecule has 31 heavy (non-hydrogen) atoms.